The summed E-state index contributed by atoms with van der Waals surface area (Å²) in [5.41, 5.74) is 9.15. The molecule has 3 N–H and O–H groups in total. The fraction of sp³-hybridized carbons (Fsp3) is 0.208. The highest BCUT2D eigenvalue weighted by Crippen LogP contribution is 2.33. The zero-order valence-corrected chi connectivity index (χ0v) is 18.7. The molecule has 5 rings (SSSR count). The van der Waals surface area contributed by atoms with E-state index in [-0.39, 0.29) is 16.9 Å². The van der Waals surface area contributed by atoms with Crippen LogP contribution in [0.3, 0.4) is 0 Å². The van der Waals surface area contributed by atoms with Crippen molar-refractivity contribution in [2.75, 3.05) is 0 Å². The first-order chi connectivity index (χ1) is 15.2. The molecule has 3 heterocycles. The summed E-state index contributed by atoms with van der Waals surface area (Å²) in [7, 11) is 0. The highest BCUT2D eigenvalue weighted by atomic mass is 32.1. The van der Waals surface area contributed by atoms with Gasteiger partial charge < -0.3 is 15.3 Å². The third-order valence-electron chi connectivity index (χ3n) is 5.36. The van der Waals surface area contributed by atoms with E-state index >= 15 is 0 Å². The number of thiazole rings is 1. The van der Waals surface area contributed by atoms with Crippen LogP contribution in [0.1, 0.15) is 42.5 Å². The Labute approximate surface area is 188 Å². The highest BCUT2D eigenvalue weighted by molar-refractivity contribution is 7.13. The van der Waals surface area contributed by atoms with Crippen molar-refractivity contribution in [1.82, 2.24) is 14.8 Å². The summed E-state index contributed by atoms with van der Waals surface area (Å²) in [5.74, 6) is 0.171. The number of amides is 1. The second-order valence-corrected chi connectivity index (χ2v) is 9.70. The molecule has 0 bridgehead atoms. The minimum absolute atomic E-state index is 0.0129. The van der Waals surface area contributed by atoms with Gasteiger partial charge in [0.1, 0.15) is 11.3 Å². The third kappa shape index (κ3) is 3.52. The predicted octanol–water partition coefficient (Wildman–Crippen LogP) is 5.06. The molecule has 0 saturated heterocycles. The Morgan fingerprint density at radius 2 is 2.00 bits per heavy atom. The Bertz CT molecular complexity index is 1490. The molecule has 0 spiro atoms. The molecule has 7 nitrogen and oxygen atoms in total. The lowest BCUT2D eigenvalue weighted by atomic mass is 9.93. The number of furan rings is 1. The number of rotatable bonds is 4. The number of aromatic nitrogens is 3. The average molecular weight is 447 g/mol. The highest BCUT2D eigenvalue weighted by Gasteiger charge is 2.20. The van der Waals surface area contributed by atoms with E-state index < -0.39 is 5.91 Å². The number of carbonyl (C=O) groups excluding carboxylic acids is 1. The number of aromatic hydroxyl groups is 1. The molecule has 0 aliphatic rings. The number of benzene rings is 2. The number of hydrogen-bond donors (Lipinski definition) is 2. The number of nitrogens with two attached hydrogens (primary N) is 1. The largest absolute Gasteiger partial charge is 0.508 e. The Kier molecular flexibility index (Phi) is 4.56. The molecular formula is C24H22N4O3S. The predicted molar refractivity (Wildman–Crippen MR) is 125 cm³/mol. The van der Waals surface area contributed by atoms with Gasteiger partial charge in [-0.05, 0) is 42.0 Å². The van der Waals surface area contributed by atoms with Crippen LogP contribution in [0.5, 0.6) is 5.75 Å². The number of nitrogens with zero attached hydrogens (tertiary/aromatic N) is 3. The molecule has 5 aromatic rings. The SMILES string of the molecule is CC(C)(C)c1csc(-c2cc3cc(Cn4nc(C(N)=O)c5cc(O)ccc54)ccc3o2)n1. The van der Waals surface area contributed by atoms with Gasteiger partial charge in [0.2, 0.25) is 0 Å². The van der Waals surface area contributed by atoms with Crippen LogP contribution in [-0.4, -0.2) is 25.8 Å². The number of phenolic OH excluding ortho intramolecular Hbond substituents is 1. The summed E-state index contributed by atoms with van der Waals surface area (Å²) in [6.07, 6.45) is 0. The van der Waals surface area contributed by atoms with Crippen LogP contribution in [-0.2, 0) is 12.0 Å². The van der Waals surface area contributed by atoms with Crippen molar-refractivity contribution in [1.29, 1.82) is 0 Å². The van der Waals surface area contributed by atoms with Gasteiger partial charge in [0.25, 0.3) is 5.91 Å². The summed E-state index contributed by atoms with van der Waals surface area (Å²) < 4.78 is 7.76. The maximum Gasteiger partial charge on any atom is 0.269 e. The fourth-order valence-electron chi connectivity index (χ4n) is 3.67. The zero-order chi connectivity index (χ0) is 22.6. The third-order valence-corrected chi connectivity index (χ3v) is 6.22. The normalized spacial score (nSPS) is 12.1. The molecule has 0 fully saturated rings. The van der Waals surface area contributed by atoms with Crippen LogP contribution >= 0.6 is 11.3 Å². The number of phenols is 1. The van der Waals surface area contributed by atoms with Crippen molar-refractivity contribution in [2.24, 2.45) is 5.73 Å². The lowest BCUT2D eigenvalue weighted by Gasteiger charge is -2.13. The van der Waals surface area contributed by atoms with Gasteiger partial charge in [0, 0.05) is 21.6 Å². The Morgan fingerprint density at radius 1 is 1.19 bits per heavy atom. The molecule has 3 aromatic heterocycles. The molecule has 0 atom stereocenters. The first-order valence-corrected chi connectivity index (χ1v) is 11.1. The van der Waals surface area contributed by atoms with E-state index in [1.165, 1.54) is 6.07 Å². The van der Waals surface area contributed by atoms with Crippen LogP contribution in [0.2, 0.25) is 0 Å². The summed E-state index contributed by atoms with van der Waals surface area (Å²) in [4.78, 5) is 16.6. The minimum Gasteiger partial charge on any atom is -0.508 e. The Hall–Kier alpha value is -3.65. The van der Waals surface area contributed by atoms with Crippen LogP contribution in [0.15, 0.2) is 52.3 Å². The molecule has 0 radical (unpaired) electrons. The molecule has 1 amide bonds. The topological polar surface area (TPSA) is 107 Å². The summed E-state index contributed by atoms with van der Waals surface area (Å²) in [5, 5.41) is 18.6. The molecule has 0 aliphatic carbocycles. The maximum atomic E-state index is 11.8. The van der Waals surface area contributed by atoms with Gasteiger partial charge in [-0.15, -0.1) is 11.3 Å². The van der Waals surface area contributed by atoms with Crippen molar-refractivity contribution in [3.8, 4) is 16.5 Å². The van der Waals surface area contributed by atoms with E-state index in [1.54, 1.807) is 28.2 Å². The fourth-order valence-corrected chi connectivity index (χ4v) is 4.67. The smallest absolute Gasteiger partial charge is 0.269 e. The van der Waals surface area contributed by atoms with Crippen molar-refractivity contribution >= 4 is 39.1 Å². The van der Waals surface area contributed by atoms with Gasteiger partial charge in [-0.1, -0.05) is 26.8 Å². The second kappa shape index (κ2) is 7.20. The monoisotopic (exact) mass is 446 g/mol. The van der Waals surface area contributed by atoms with E-state index in [9.17, 15) is 9.90 Å². The first-order valence-electron chi connectivity index (χ1n) is 10.2. The van der Waals surface area contributed by atoms with Crippen LogP contribution < -0.4 is 5.73 Å². The van der Waals surface area contributed by atoms with Crippen LogP contribution in [0, 0.1) is 0 Å². The van der Waals surface area contributed by atoms with E-state index in [2.05, 4.69) is 31.2 Å². The van der Waals surface area contributed by atoms with Crippen molar-refractivity contribution in [3.63, 3.8) is 0 Å². The van der Waals surface area contributed by atoms with E-state index in [1.807, 2.05) is 24.3 Å². The Morgan fingerprint density at radius 3 is 2.72 bits per heavy atom. The summed E-state index contributed by atoms with van der Waals surface area (Å²) >= 11 is 1.58. The van der Waals surface area contributed by atoms with Gasteiger partial charge in [0.15, 0.2) is 16.5 Å². The molecule has 32 heavy (non-hydrogen) atoms. The van der Waals surface area contributed by atoms with Gasteiger partial charge in [-0.25, -0.2) is 4.98 Å². The molecule has 0 aliphatic heterocycles. The van der Waals surface area contributed by atoms with E-state index in [0.29, 0.717) is 11.9 Å². The molecule has 0 saturated carbocycles. The lowest BCUT2D eigenvalue weighted by molar-refractivity contribution is 0.0996. The van der Waals surface area contributed by atoms with Crippen LogP contribution in [0.4, 0.5) is 0 Å². The summed E-state index contributed by atoms with van der Waals surface area (Å²) in [6, 6.07) is 12.7. The van der Waals surface area contributed by atoms with Crippen LogP contribution in [0.25, 0.3) is 32.6 Å². The first kappa shape index (κ1) is 20.3. The maximum absolute atomic E-state index is 11.8. The number of hydrogen-bond acceptors (Lipinski definition) is 6. The van der Waals surface area contributed by atoms with Gasteiger partial charge in [0.05, 0.1) is 17.8 Å². The number of carbonyl (C=O) groups is 1. The van der Waals surface area contributed by atoms with Crippen molar-refractivity contribution < 1.29 is 14.3 Å². The standard InChI is InChI=1S/C24H22N4O3S/c1-24(2,3)20-12-32-23(26-20)19-9-14-8-13(4-7-18(14)31-19)11-28-17-6-5-15(29)10-16(17)21(27-28)22(25)30/h4-10,12,29H,11H2,1-3H3,(H2,25,30). The Balaban J connectivity index is 1.50. The summed E-state index contributed by atoms with van der Waals surface area (Å²) in [6.45, 7) is 6.86. The van der Waals surface area contributed by atoms with E-state index in [0.717, 1.165) is 38.5 Å². The zero-order valence-electron chi connectivity index (χ0n) is 17.9. The second-order valence-electron chi connectivity index (χ2n) is 8.84. The van der Waals surface area contributed by atoms with Gasteiger partial charge in [-0.3, -0.25) is 9.48 Å². The van der Waals surface area contributed by atoms with Gasteiger partial charge >= 0.3 is 0 Å². The molecule has 2 aromatic carbocycles. The molecule has 8 heteroatoms. The van der Waals surface area contributed by atoms with Crippen molar-refractivity contribution in [2.45, 2.75) is 32.7 Å². The molecular weight excluding hydrogens is 424 g/mol. The number of fused-ring (bicyclic) bond motifs is 2. The molecule has 162 valence electrons. The van der Waals surface area contributed by atoms with E-state index in [4.69, 9.17) is 15.1 Å². The van der Waals surface area contributed by atoms with Gasteiger partial charge in [-0.2, -0.15) is 5.10 Å². The van der Waals surface area contributed by atoms with Crippen molar-refractivity contribution in [3.05, 3.63) is 64.8 Å². The quantitative estimate of drug-likeness (QED) is 0.401. The lowest BCUT2D eigenvalue weighted by Crippen LogP contribution is -2.13. The molecule has 0 unspecified atom stereocenters. The minimum atomic E-state index is -0.632. The average Bonchev–Trinajstić information content (AvgIpc) is 3.43. The number of primary amides is 1.